The van der Waals surface area contributed by atoms with Crippen LogP contribution >= 0.6 is 0 Å². The van der Waals surface area contributed by atoms with E-state index in [1.54, 1.807) is 0 Å². The molecule has 0 amide bonds. The summed E-state index contributed by atoms with van der Waals surface area (Å²) in [7, 11) is 0. The Hall–Kier alpha value is -3.12. The minimum atomic E-state index is -1.79. The van der Waals surface area contributed by atoms with E-state index in [2.05, 4.69) is 14.9 Å². The molecular formula is C12H16N4O10. The summed E-state index contributed by atoms with van der Waals surface area (Å²) in [6.45, 7) is 2.68. The number of azide groups is 1. The van der Waals surface area contributed by atoms with E-state index in [0.717, 1.165) is 20.8 Å². The lowest BCUT2D eigenvalue weighted by molar-refractivity contribution is -0.783. The highest BCUT2D eigenvalue weighted by Gasteiger charge is 2.51. The van der Waals surface area contributed by atoms with E-state index in [1.807, 2.05) is 0 Å². The molecule has 0 radical (unpaired) electrons. The molecule has 1 rings (SSSR count). The molecule has 0 aromatic heterocycles. The summed E-state index contributed by atoms with van der Waals surface area (Å²) in [6.07, 6.45) is -5.94. The van der Waals surface area contributed by atoms with Crippen molar-refractivity contribution < 1.29 is 43.3 Å². The highest BCUT2D eigenvalue weighted by atomic mass is 17.0. The van der Waals surface area contributed by atoms with Gasteiger partial charge in [-0.05, 0) is 5.53 Å². The number of nitrogens with zero attached hydrogens (tertiary/aromatic N) is 4. The smallest absolute Gasteiger partial charge is 0.303 e. The van der Waals surface area contributed by atoms with Crippen molar-refractivity contribution in [3.05, 3.63) is 20.6 Å². The van der Waals surface area contributed by atoms with Gasteiger partial charge in [0, 0.05) is 25.7 Å². The number of esters is 3. The van der Waals surface area contributed by atoms with Gasteiger partial charge in [0.15, 0.2) is 12.2 Å². The first-order valence-electron chi connectivity index (χ1n) is 7.14. The molecule has 1 saturated heterocycles. The van der Waals surface area contributed by atoms with Gasteiger partial charge in [0.2, 0.25) is 6.29 Å². The molecule has 0 unspecified atom stereocenters. The van der Waals surface area contributed by atoms with Crippen molar-refractivity contribution in [1.82, 2.24) is 0 Å². The third-order valence-electron chi connectivity index (χ3n) is 3.04. The maximum Gasteiger partial charge on any atom is 0.303 e. The van der Waals surface area contributed by atoms with Gasteiger partial charge in [-0.2, -0.15) is 0 Å². The van der Waals surface area contributed by atoms with Crippen LogP contribution in [0.4, 0.5) is 0 Å². The molecule has 5 atom stereocenters. The van der Waals surface area contributed by atoms with Gasteiger partial charge in [0.1, 0.15) is 18.8 Å². The predicted molar refractivity (Wildman–Crippen MR) is 77.4 cm³/mol. The normalized spacial score (nSPS) is 27.4. The van der Waals surface area contributed by atoms with E-state index in [4.69, 9.17) is 24.5 Å². The van der Waals surface area contributed by atoms with Crippen LogP contribution < -0.4 is 0 Å². The fraction of sp³-hybridized carbons (Fsp3) is 0.750. The van der Waals surface area contributed by atoms with Crippen molar-refractivity contribution in [3.63, 3.8) is 0 Å². The first kappa shape index (κ1) is 20.9. The van der Waals surface area contributed by atoms with Gasteiger partial charge < -0.3 is 18.9 Å². The van der Waals surface area contributed by atoms with E-state index in [-0.39, 0.29) is 0 Å². The third-order valence-corrected chi connectivity index (χ3v) is 3.04. The molecule has 0 N–H and O–H groups in total. The SMILES string of the molecule is CC(=O)OC[C@@H]1O[C@H](O[N+](=O)[O-])[C@H](N=[N+]=[N-])[C@H](OC(C)=O)[C@H]1OC(C)=O. The Labute approximate surface area is 146 Å². The van der Waals surface area contributed by atoms with Gasteiger partial charge in [0.25, 0.3) is 5.09 Å². The molecule has 1 aliphatic rings. The van der Waals surface area contributed by atoms with E-state index < -0.39 is 60.2 Å². The quantitative estimate of drug-likeness (QED) is 0.111. The highest BCUT2D eigenvalue weighted by molar-refractivity contribution is 5.68. The van der Waals surface area contributed by atoms with Crippen LogP contribution in [-0.2, 0) is 38.2 Å². The zero-order valence-electron chi connectivity index (χ0n) is 14.0. The van der Waals surface area contributed by atoms with E-state index >= 15 is 0 Å². The lowest BCUT2D eigenvalue weighted by Crippen LogP contribution is -2.61. The van der Waals surface area contributed by atoms with Crippen LogP contribution in [0.15, 0.2) is 5.11 Å². The minimum Gasteiger partial charge on any atom is -0.463 e. The zero-order valence-corrected chi connectivity index (χ0v) is 14.0. The minimum absolute atomic E-state index is 0.494. The Morgan fingerprint density at radius 2 is 1.73 bits per heavy atom. The molecule has 0 aromatic rings. The maximum atomic E-state index is 11.4. The summed E-state index contributed by atoms with van der Waals surface area (Å²) in [5.74, 6) is -2.36. The van der Waals surface area contributed by atoms with Gasteiger partial charge in [-0.3, -0.25) is 19.2 Å². The number of hydrogen-bond donors (Lipinski definition) is 0. The van der Waals surface area contributed by atoms with Gasteiger partial charge in [-0.1, -0.05) is 5.11 Å². The second-order valence-electron chi connectivity index (χ2n) is 5.02. The lowest BCUT2D eigenvalue weighted by atomic mass is 9.97. The Bertz CT molecular complexity index is 619. The summed E-state index contributed by atoms with van der Waals surface area (Å²) >= 11 is 0. The maximum absolute atomic E-state index is 11.4. The van der Waals surface area contributed by atoms with Gasteiger partial charge in [0.05, 0.1) is 0 Å². The first-order valence-corrected chi connectivity index (χ1v) is 7.14. The average molecular weight is 376 g/mol. The fourth-order valence-electron chi connectivity index (χ4n) is 2.24. The van der Waals surface area contributed by atoms with Crippen molar-refractivity contribution in [3.8, 4) is 0 Å². The molecule has 14 nitrogen and oxygen atoms in total. The van der Waals surface area contributed by atoms with Crippen LogP contribution in [0.2, 0.25) is 0 Å². The van der Waals surface area contributed by atoms with Crippen molar-refractivity contribution >= 4 is 17.9 Å². The average Bonchev–Trinajstić information content (AvgIpc) is 2.49. The number of hydrogen-bond acceptors (Lipinski definition) is 11. The topological polar surface area (TPSA) is 189 Å². The van der Waals surface area contributed by atoms with Crippen LogP contribution in [0, 0.1) is 10.1 Å². The molecule has 0 aromatic carbocycles. The summed E-state index contributed by atoms with van der Waals surface area (Å²) in [5, 5.41) is 12.8. The van der Waals surface area contributed by atoms with Crippen molar-refractivity contribution in [2.24, 2.45) is 5.11 Å². The van der Waals surface area contributed by atoms with Crippen LogP contribution in [-0.4, -0.2) is 60.2 Å². The van der Waals surface area contributed by atoms with Crippen molar-refractivity contribution in [1.29, 1.82) is 0 Å². The molecule has 0 spiro atoms. The van der Waals surface area contributed by atoms with Crippen LogP contribution in [0.3, 0.4) is 0 Å². The van der Waals surface area contributed by atoms with E-state index in [9.17, 15) is 24.5 Å². The molecule has 14 heteroatoms. The Balaban J connectivity index is 3.28. The zero-order chi connectivity index (χ0) is 19.9. The van der Waals surface area contributed by atoms with Crippen LogP contribution in [0.5, 0.6) is 0 Å². The molecule has 1 heterocycles. The molecule has 26 heavy (non-hydrogen) atoms. The Morgan fingerprint density at radius 3 is 2.19 bits per heavy atom. The monoisotopic (exact) mass is 376 g/mol. The van der Waals surface area contributed by atoms with Crippen LogP contribution in [0.25, 0.3) is 10.4 Å². The fourth-order valence-corrected chi connectivity index (χ4v) is 2.24. The molecule has 1 aliphatic heterocycles. The van der Waals surface area contributed by atoms with Crippen molar-refractivity contribution in [2.75, 3.05) is 6.61 Å². The number of carbonyl (C=O) groups excluding carboxylic acids is 3. The first-order chi connectivity index (χ1) is 12.1. The van der Waals surface area contributed by atoms with Gasteiger partial charge >= 0.3 is 17.9 Å². The Morgan fingerprint density at radius 1 is 1.15 bits per heavy atom. The second kappa shape index (κ2) is 9.39. The second-order valence-corrected chi connectivity index (χ2v) is 5.02. The number of rotatable bonds is 7. The molecular weight excluding hydrogens is 360 g/mol. The summed E-state index contributed by atoms with van der Waals surface area (Å²) in [5.41, 5.74) is 8.69. The standard InChI is InChI=1S/C12H16N4O10/c1-5(17)22-4-8-10(23-6(2)18)11(24-7(3)19)9(14-15-13)12(25-8)26-16(20)21/h8-12H,4H2,1-3H3/t8-,9+,10-,11-,12+/m0/s1. The largest absolute Gasteiger partial charge is 0.463 e. The summed E-state index contributed by atoms with van der Waals surface area (Å²) < 4.78 is 20.1. The Kier molecular flexibility index (Phi) is 7.55. The van der Waals surface area contributed by atoms with E-state index in [1.165, 1.54) is 0 Å². The number of ether oxygens (including phenoxy) is 4. The number of carbonyl (C=O) groups is 3. The molecule has 0 bridgehead atoms. The molecule has 0 aliphatic carbocycles. The summed E-state index contributed by atoms with van der Waals surface area (Å²) in [6, 6.07) is -1.55. The third kappa shape index (κ3) is 6.07. The molecule has 144 valence electrons. The molecule has 0 saturated carbocycles. The predicted octanol–water partition coefficient (Wildman–Crippen LogP) is 0.0250. The van der Waals surface area contributed by atoms with Gasteiger partial charge in [-0.25, -0.2) is 0 Å². The summed E-state index contributed by atoms with van der Waals surface area (Å²) in [4.78, 5) is 51.3. The van der Waals surface area contributed by atoms with Crippen molar-refractivity contribution in [2.45, 2.75) is 51.4 Å². The van der Waals surface area contributed by atoms with E-state index in [0.29, 0.717) is 0 Å². The van der Waals surface area contributed by atoms with Gasteiger partial charge in [-0.15, -0.1) is 10.1 Å². The molecule has 1 fully saturated rings. The van der Waals surface area contributed by atoms with Crippen LogP contribution in [0.1, 0.15) is 20.8 Å². The highest BCUT2D eigenvalue weighted by Crippen LogP contribution is 2.29. The lowest BCUT2D eigenvalue weighted by Gasteiger charge is -2.42.